The molecule has 0 saturated carbocycles. The lowest BCUT2D eigenvalue weighted by molar-refractivity contribution is -0.116. The molecule has 1 saturated heterocycles. The molecule has 1 N–H and O–H groups in total. The predicted molar refractivity (Wildman–Crippen MR) is 113 cm³/mol. The number of hydrogen-bond donors (Lipinski definition) is 1. The maximum absolute atomic E-state index is 12.8. The summed E-state index contributed by atoms with van der Waals surface area (Å²) in [4.78, 5) is 16.2. The van der Waals surface area contributed by atoms with Crippen LogP contribution in [-0.4, -0.2) is 47.8 Å². The second kappa shape index (κ2) is 10.4. The van der Waals surface area contributed by atoms with E-state index in [4.69, 9.17) is 0 Å². The summed E-state index contributed by atoms with van der Waals surface area (Å²) in [5, 5.41) is 2.84. The lowest BCUT2D eigenvalue weighted by atomic mass is 10.2. The Kier molecular flexibility index (Phi) is 7.60. The molecular formula is C21H28N4O3S. The molecule has 2 heterocycles. The van der Waals surface area contributed by atoms with Crippen LogP contribution in [-0.2, 0) is 21.4 Å². The van der Waals surface area contributed by atoms with Crippen molar-refractivity contribution >= 4 is 22.0 Å². The molecule has 2 aromatic rings. The number of aromatic nitrogens is 2. The van der Waals surface area contributed by atoms with Crippen molar-refractivity contribution in [1.29, 1.82) is 0 Å². The first-order valence-electron chi connectivity index (χ1n) is 10.1. The van der Waals surface area contributed by atoms with Crippen molar-refractivity contribution in [3.63, 3.8) is 0 Å². The highest BCUT2D eigenvalue weighted by atomic mass is 32.2. The third-order valence-electron chi connectivity index (χ3n) is 4.96. The predicted octanol–water partition coefficient (Wildman–Crippen LogP) is 2.67. The Morgan fingerprint density at radius 3 is 2.48 bits per heavy atom. The summed E-state index contributed by atoms with van der Waals surface area (Å²) in [7, 11) is -3.44. The van der Waals surface area contributed by atoms with E-state index in [-0.39, 0.29) is 5.91 Å². The fourth-order valence-electron chi connectivity index (χ4n) is 3.31. The first kappa shape index (κ1) is 21.3. The van der Waals surface area contributed by atoms with Crippen LogP contribution in [0.1, 0.15) is 37.7 Å². The molecule has 3 rings (SSSR count). The highest BCUT2D eigenvalue weighted by molar-refractivity contribution is 7.89. The molecule has 0 bridgehead atoms. The van der Waals surface area contributed by atoms with Gasteiger partial charge in [0.2, 0.25) is 15.9 Å². The molecular weight excluding hydrogens is 388 g/mol. The lowest BCUT2D eigenvalue weighted by Crippen LogP contribution is -2.31. The van der Waals surface area contributed by atoms with Gasteiger partial charge in [0.25, 0.3) is 0 Å². The Labute approximate surface area is 172 Å². The normalized spacial score (nSPS) is 16.0. The first-order chi connectivity index (χ1) is 14.1. The van der Waals surface area contributed by atoms with E-state index in [9.17, 15) is 13.2 Å². The molecule has 0 unspecified atom stereocenters. The number of hydrogen-bond acceptors (Lipinski definition) is 4. The molecule has 0 radical (unpaired) electrons. The highest BCUT2D eigenvalue weighted by Gasteiger charge is 2.24. The Bertz CT molecular complexity index is 898. The van der Waals surface area contributed by atoms with Gasteiger partial charge in [-0.05, 0) is 43.0 Å². The van der Waals surface area contributed by atoms with Crippen LogP contribution in [0.15, 0.2) is 54.0 Å². The van der Waals surface area contributed by atoms with Crippen LogP contribution in [0.5, 0.6) is 0 Å². The van der Waals surface area contributed by atoms with Crippen molar-refractivity contribution < 1.29 is 13.2 Å². The van der Waals surface area contributed by atoms with E-state index in [2.05, 4.69) is 10.3 Å². The minimum Gasteiger partial charge on any atom is -0.352 e. The SMILES string of the molecule is O=C(/C=C/c1ccc(S(=O)(=O)N2CCCCCC2)cc1)NCCCn1ccnc1. The van der Waals surface area contributed by atoms with Gasteiger partial charge in [-0.15, -0.1) is 0 Å². The van der Waals surface area contributed by atoms with E-state index in [0.717, 1.165) is 44.2 Å². The summed E-state index contributed by atoms with van der Waals surface area (Å²) in [5.41, 5.74) is 0.786. The minimum absolute atomic E-state index is 0.170. The number of carbonyl (C=O) groups is 1. The zero-order chi connectivity index (χ0) is 20.5. The van der Waals surface area contributed by atoms with Gasteiger partial charge in [-0.1, -0.05) is 25.0 Å². The zero-order valence-corrected chi connectivity index (χ0v) is 17.4. The number of benzene rings is 1. The number of sulfonamides is 1. The fraction of sp³-hybridized carbons (Fsp3) is 0.429. The average molecular weight is 417 g/mol. The van der Waals surface area contributed by atoms with Gasteiger partial charge in [-0.2, -0.15) is 4.31 Å². The third kappa shape index (κ3) is 6.27. The number of rotatable bonds is 8. The van der Waals surface area contributed by atoms with Crippen LogP contribution < -0.4 is 5.32 Å². The summed E-state index contributed by atoms with van der Waals surface area (Å²) >= 11 is 0. The van der Waals surface area contributed by atoms with E-state index in [1.807, 2.05) is 10.8 Å². The molecule has 7 nitrogen and oxygen atoms in total. The van der Waals surface area contributed by atoms with Gasteiger partial charge in [0, 0.05) is 44.6 Å². The van der Waals surface area contributed by atoms with Crippen LogP contribution in [0.4, 0.5) is 0 Å². The highest BCUT2D eigenvalue weighted by Crippen LogP contribution is 2.20. The van der Waals surface area contributed by atoms with Crippen LogP contribution in [0.3, 0.4) is 0 Å². The summed E-state index contributed by atoms with van der Waals surface area (Å²) in [6, 6.07) is 6.69. The average Bonchev–Trinajstić information content (AvgIpc) is 3.09. The van der Waals surface area contributed by atoms with Crippen LogP contribution in [0.2, 0.25) is 0 Å². The monoisotopic (exact) mass is 416 g/mol. The maximum atomic E-state index is 12.8. The van der Waals surface area contributed by atoms with E-state index in [0.29, 0.717) is 24.5 Å². The molecule has 1 fully saturated rings. The van der Waals surface area contributed by atoms with Crippen molar-refractivity contribution in [2.75, 3.05) is 19.6 Å². The molecule has 29 heavy (non-hydrogen) atoms. The van der Waals surface area contributed by atoms with E-state index in [1.54, 1.807) is 47.2 Å². The van der Waals surface area contributed by atoms with Gasteiger partial charge in [-0.3, -0.25) is 4.79 Å². The maximum Gasteiger partial charge on any atom is 0.244 e. The molecule has 8 heteroatoms. The number of carbonyl (C=O) groups excluding carboxylic acids is 1. The van der Waals surface area contributed by atoms with Gasteiger partial charge in [0.05, 0.1) is 11.2 Å². The van der Waals surface area contributed by atoms with Gasteiger partial charge in [0.15, 0.2) is 0 Å². The quantitative estimate of drug-likeness (QED) is 0.530. The zero-order valence-electron chi connectivity index (χ0n) is 16.5. The second-order valence-corrected chi connectivity index (χ2v) is 9.10. The number of nitrogens with one attached hydrogen (secondary N) is 1. The Morgan fingerprint density at radius 2 is 1.83 bits per heavy atom. The minimum atomic E-state index is -3.44. The molecule has 1 aliphatic rings. The van der Waals surface area contributed by atoms with Crippen molar-refractivity contribution in [3.05, 3.63) is 54.6 Å². The smallest absolute Gasteiger partial charge is 0.244 e. The first-order valence-corrected chi connectivity index (χ1v) is 11.5. The van der Waals surface area contributed by atoms with Gasteiger partial charge in [-0.25, -0.2) is 13.4 Å². The standard InChI is InChI=1S/C21H28N4O3S/c26-21(23-12-5-14-24-17-13-22-18-24)11-8-19-6-9-20(10-7-19)29(27,28)25-15-3-1-2-4-16-25/h6-11,13,17-18H,1-5,12,14-16H2,(H,23,26)/b11-8+. The molecule has 0 atom stereocenters. The summed E-state index contributed by atoms with van der Waals surface area (Å²) in [6.45, 7) is 2.56. The summed E-state index contributed by atoms with van der Waals surface area (Å²) < 4.78 is 29.1. The molecule has 0 aliphatic carbocycles. The molecule has 1 aromatic heterocycles. The summed E-state index contributed by atoms with van der Waals surface area (Å²) in [5.74, 6) is -0.170. The van der Waals surface area contributed by atoms with Crippen LogP contribution in [0, 0.1) is 0 Å². The van der Waals surface area contributed by atoms with Crippen molar-refractivity contribution in [2.24, 2.45) is 0 Å². The topological polar surface area (TPSA) is 84.3 Å². The molecule has 0 spiro atoms. The second-order valence-electron chi connectivity index (χ2n) is 7.17. The number of aryl methyl sites for hydroxylation is 1. The van der Waals surface area contributed by atoms with E-state index in [1.165, 1.54) is 6.08 Å². The fourth-order valence-corrected chi connectivity index (χ4v) is 4.82. The van der Waals surface area contributed by atoms with E-state index < -0.39 is 10.0 Å². The van der Waals surface area contributed by atoms with Gasteiger partial charge >= 0.3 is 0 Å². The van der Waals surface area contributed by atoms with Crippen LogP contribution in [0.25, 0.3) is 6.08 Å². The van der Waals surface area contributed by atoms with Crippen LogP contribution >= 0.6 is 0 Å². The molecule has 1 aliphatic heterocycles. The number of amides is 1. The Morgan fingerprint density at radius 1 is 1.10 bits per heavy atom. The molecule has 1 aromatic carbocycles. The van der Waals surface area contributed by atoms with E-state index >= 15 is 0 Å². The van der Waals surface area contributed by atoms with Gasteiger partial charge < -0.3 is 9.88 Å². The van der Waals surface area contributed by atoms with Crippen molar-refractivity contribution in [1.82, 2.24) is 19.2 Å². The van der Waals surface area contributed by atoms with Crippen molar-refractivity contribution in [2.45, 2.75) is 43.5 Å². The molecule has 1 amide bonds. The Hall–Kier alpha value is -2.45. The number of imidazole rings is 1. The van der Waals surface area contributed by atoms with Gasteiger partial charge in [0.1, 0.15) is 0 Å². The van der Waals surface area contributed by atoms with Crippen molar-refractivity contribution in [3.8, 4) is 0 Å². The summed E-state index contributed by atoms with van der Waals surface area (Å²) in [6.07, 6.45) is 13.3. The lowest BCUT2D eigenvalue weighted by Gasteiger charge is -2.19. The third-order valence-corrected chi connectivity index (χ3v) is 6.87. The molecule has 156 valence electrons. The Balaban J connectivity index is 1.49. The largest absolute Gasteiger partial charge is 0.352 e. The number of nitrogens with zero attached hydrogens (tertiary/aromatic N) is 3.